The van der Waals surface area contributed by atoms with Gasteiger partial charge in [0.2, 0.25) is 0 Å². The minimum absolute atomic E-state index is 0.233. The highest BCUT2D eigenvalue weighted by Crippen LogP contribution is 2.55. The zero-order valence-electron chi connectivity index (χ0n) is 63.9. The predicted molar refractivity (Wildman–Crippen MR) is 503 cm³/mol. The van der Waals surface area contributed by atoms with Gasteiger partial charge in [0, 0.05) is 111 Å². The molecule has 8 heteroatoms. The van der Waals surface area contributed by atoms with E-state index in [9.17, 15) is 0 Å². The van der Waals surface area contributed by atoms with E-state index in [2.05, 4.69) is 429 Å². The molecule has 0 saturated heterocycles. The normalized spacial score (nSPS) is 13.3. The van der Waals surface area contributed by atoms with E-state index in [1.165, 1.54) is 163 Å². The van der Waals surface area contributed by atoms with Gasteiger partial charge in [-0.05, 0) is 188 Å². The molecular weight excluding hydrogens is 1430 g/mol. The molecule has 21 aromatic carbocycles. The standard InChI is InChI=1S/C110H66B2N6/c1-5-33-67(34-6-1)113-93-59-31-29-57-89(93)111-91-65-92-96(66-95(91)115(69-37-9-3-10-38-69)99-63-71(61-97(113)105(99)111)117-107-85-53-25-17-45-77(85)73-41-13-21-49-81(73)101(107)102-82-50-22-14-42-74(82)78-46-18-26-54-86(78)108(102)117)116(70-39-11-4-12-40-70)100-64-72(62-98-106(100)112(92)90-58-30-32-60-94(90)114(98)68-35-7-2-8-36-68)118-109-87-55-27-19-47-79(87)75-43-15-23-51-83(75)103(109)104-84-52-24-16-44-76(84)80-48-20-28-56-88(80)110(104)118/h1-66H. The first kappa shape index (κ1) is 64.1. The lowest BCUT2D eigenvalue weighted by atomic mass is 9.30. The fourth-order valence-corrected chi connectivity index (χ4v) is 22.2. The minimum atomic E-state index is -0.233. The van der Waals surface area contributed by atoms with Crippen LogP contribution in [0.25, 0.3) is 141 Å². The van der Waals surface area contributed by atoms with Gasteiger partial charge in [-0.2, -0.15) is 0 Å². The molecule has 0 bridgehead atoms. The van der Waals surface area contributed by atoms with Gasteiger partial charge in [0.1, 0.15) is 0 Å². The number of anilines is 12. The van der Waals surface area contributed by atoms with Crippen molar-refractivity contribution in [3.05, 3.63) is 400 Å². The molecule has 0 atom stereocenters. The summed E-state index contributed by atoms with van der Waals surface area (Å²) in [7, 11) is 0. The van der Waals surface area contributed by atoms with Gasteiger partial charge in [0.15, 0.2) is 0 Å². The first-order chi connectivity index (χ1) is 58.7. The first-order valence-corrected chi connectivity index (χ1v) is 41.1. The van der Waals surface area contributed by atoms with Crippen LogP contribution in [-0.2, 0) is 0 Å². The van der Waals surface area contributed by atoms with Crippen molar-refractivity contribution in [1.82, 2.24) is 9.13 Å². The zero-order chi connectivity index (χ0) is 76.7. The summed E-state index contributed by atoms with van der Waals surface area (Å²) in [6.07, 6.45) is 0. The van der Waals surface area contributed by atoms with Gasteiger partial charge in [0.25, 0.3) is 13.4 Å². The van der Waals surface area contributed by atoms with Crippen molar-refractivity contribution < 1.29 is 0 Å². The molecule has 0 saturated carbocycles. The molecule has 0 unspecified atom stereocenters. The fraction of sp³-hybridized carbons (Fsp3) is 0. The lowest BCUT2D eigenvalue weighted by Gasteiger charge is -2.47. The van der Waals surface area contributed by atoms with Crippen molar-refractivity contribution in [2.24, 2.45) is 0 Å². The van der Waals surface area contributed by atoms with Crippen LogP contribution < -0.4 is 52.4 Å². The van der Waals surface area contributed by atoms with E-state index in [1.54, 1.807) is 0 Å². The Morgan fingerprint density at radius 1 is 0.144 bits per heavy atom. The molecule has 0 amide bonds. The summed E-state index contributed by atoms with van der Waals surface area (Å²) in [5.41, 5.74) is 27.8. The lowest BCUT2D eigenvalue weighted by molar-refractivity contribution is 1.16. The largest absolute Gasteiger partial charge is 0.311 e. The van der Waals surface area contributed by atoms with Gasteiger partial charge in [-0.15, -0.1) is 0 Å². The van der Waals surface area contributed by atoms with E-state index < -0.39 is 0 Å². The van der Waals surface area contributed by atoms with Crippen molar-refractivity contribution >= 4 is 244 Å². The van der Waals surface area contributed by atoms with Gasteiger partial charge in [0.05, 0.1) is 33.4 Å². The molecule has 118 heavy (non-hydrogen) atoms. The molecule has 0 spiro atoms. The first-order valence-electron chi connectivity index (χ1n) is 41.1. The molecule has 0 N–H and O–H groups in total. The number of nitrogens with zero attached hydrogens (tertiary/aromatic N) is 6. The average molecular weight is 1490 g/mol. The molecule has 23 aromatic rings. The Balaban J connectivity index is 0.803. The van der Waals surface area contributed by atoms with E-state index in [4.69, 9.17) is 0 Å². The Bertz CT molecular complexity index is 7610. The van der Waals surface area contributed by atoms with E-state index in [-0.39, 0.29) is 13.4 Å². The summed E-state index contributed by atoms with van der Waals surface area (Å²) in [6, 6.07) is 152. The van der Waals surface area contributed by atoms with Crippen LogP contribution in [0.15, 0.2) is 400 Å². The number of hydrogen-bond donors (Lipinski definition) is 0. The van der Waals surface area contributed by atoms with E-state index in [1.807, 2.05) is 0 Å². The third kappa shape index (κ3) is 8.51. The molecule has 2 aromatic heterocycles. The molecule has 4 aliphatic rings. The van der Waals surface area contributed by atoms with E-state index in [0.717, 1.165) is 79.6 Å². The van der Waals surface area contributed by atoms with Crippen LogP contribution in [0.4, 0.5) is 68.2 Å². The van der Waals surface area contributed by atoms with Crippen LogP contribution in [-0.4, -0.2) is 22.6 Å². The summed E-state index contributed by atoms with van der Waals surface area (Å²) in [5, 5.41) is 24.7. The van der Waals surface area contributed by atoms with Crippen molar-refractivity contribution in [2.75, 3.05) is 19.6 Å². The predicted octanol–water partition coefficient (Wildman–Crippen LogP) is 25.3. The number of aromatic nitrogens is 2. The molecule has 4 aliphatic heterocycles. The Morgan fingerprint density at radius 3 is 0.627 bits per heavy atom. The molecule has 6 nitrogen and oxygen atoms in total. The number of hydrogen-bond acceptors (Lipinski definition) is 4. The smallest absolute Gasteiger partial charge is 0.252 e. The van der Waals surface area contributed by atoms with Crippen LogP contribution >= 0.6 is 0 Å². The maximum Gasteiger partial charge on any atom is 0.252 e. The summed E-state index contributed by atoms with van der Waals surface area (Å²) >= 11 is 0. The second-order valence-electron chi connectivity index (χ2n) is 32.4. The third-order valence-corrected chi connectivity index (χ3v) is 26.6. The van der Waals surface area contributed by atoms with Crippen LogP contribution in [0.5, 0.6) is 0 Å². The molecule has 6 heterocycles. The number of benzene rings is 21. The Hall–Kier alpha value is -15.4. The second kappa shape index (κ2) is 24.1. The summed E-state index contributed by atoms with van der Waals surface area (Å²) < 4.78 is 5.37. The van der Waals surface area contributed by atoms with Crippen LogP contribution in [0.3, 0.4) is 0 Å². The highest BCUT2D eigenvalue weighted by molar-refractivity contribution is 7.03. The minimum Gasteiger partial charge on any atom is -0.311 e. The van der Waals surface area contributed by atoms with Crippen LogP contribution in [0.2, 0.25) is 0 Å². The quantitative estimate of drug-likeness (QED) is 0.122. The summed E-state index contributed by atoms with van der Waals surface area (Å²) in [6.45, 7) is -0.466. The SMILES string of the molecule is c1ccc(N2c3ccccc3B3c4cc5c(cc4N(c4ccccc4)c4cc(-n6c7c8ccccc8c8ccccc8c7c7c8ccccc8c8ccccc8c76)cc2c43)N(c2ccccc2)c2cc(-n3c4c6ccccc6c6ccccc6c4c4c6ccccc6c6ccccc6c43)cc3c2B5c2ccccc2N3c2ccccc2)cc1. The van der Waals surface area contributed by atoms with Gasteiger partial charge < -0.3 is 28.7 Å². The van der Waals surface area contributed by atoms with Crippen molar-refractivity contribution in [3.8, 4) is 11.4 Å². The van der Waals surface area contributed by atoms with E-state index >= 15 is 0 Å². The topological polar surface area (TPSA) is 22.8 Å². The Morgan fingerprint density at radius 2 is 0.356 bits per heavy atom. The van der Waals surface area contributed by atoms with Crippen molar-refractivity contribution in [1.29, 1.82) is 0 Å². The van der Waals surface area contributed by atoms with E-state index in [0.29, 0.717) is 0 Å². The monoisotopic (exact) mass is 1490 g/mol. The average Bonchev–Trinajstić information content (AvgIpc) is 1.22. The Labute approximate surface area is 680 Å². The van der Waals surface area contributed by atoms with Gasteiger partial charge in [-0.1, -0.05) is 309 Å². The van der Waals surface area contributed by atoms with Crippen LogP contribution in [0, 0.1) is 0 Å². The molecule has 0 fully saturated rings. The maximum absolute atomic E-state index is 2.69. The second-order valence-corrected chi connectivity index (χ2v) is 32.4. The molecule has 27 rings (SSSR count). The fourth-order valence-electron chi connectivity index (χ4n) is 22.2. The molecule has 0 aliphatic carbocycles. The third-order valence-electron chi connectivity index (χ3n) is 26.6. The van der Waals surface area contributed by atoms with Gasteiger partial charge in [-0.25, -0.2) is 0 Å². The Kier molecular flexibility index (Phi) is 13.1. The maximum atomic E-state index is 2.69. The zero-order valence-corrected chi connectivity index (χ0v) is 63.9. The number of fused-ring (bicyclic) bond motifs is 34. The number of para-hydroxylation sites is 6. The lowest BCUT2D eigenvalue weighted by Crippen LogP contribution is -2.65. The summed E-state index contributed by atoms with van der Waals surface area (Å²) in [5.74, 6) is 0. The van der Waals surface area contributed by atoms with Gasteiger partial charge >= 0.3 is 0 Å². The highest BCUT2D eigenvalue weighted by atomic mass is 15.2. The highest BCUT2D eigenvalue weighted by Gasteiger charge is 2.49. The van der Waals surface area contributed by atoms with Crippen molar-refractivity contribution in [2.45, 2.75) is 0 Å². The molecule has 0 radical (unpaired) electrons. The van der Waals surface area contributed by atoms with Crippen LogP contribution in [0.1, 0.15) is 0 Å². The molecule has 542 valence electrons. The molecular formula is C110H66B2N6. The van der Waals surface area contributed by atoms with Crippen molar-refractivity contribution in [3.63, 3.8) is 0 Å². The summed E-state index contributed by atoms with van der Waals surface area (Å²) in [4.78, 5) is 10.5. The van der Waals surface area contributed by atoms with Gasteiger partial charge in [-0.3, -0.25) is 0 Å². The number of rotatable bonds is 6.